The van der Waals surface area contributed by atoms with Crippen molar-refractivity contribution in [2.45, 2.75) is 0 Å². The first-order chi connectivity index (χ1) is 34.7. The van der Waals surface area contributed by atoms with Gasteiger partial charge >= 0.3 is 0 Å². The average molecular weight is 893 g/mol. The van der Waals surface area contributed by atoms with Crippen molar-refractivity contribution in [3.63, 3.8) is 0 Å². The minimum absolute atomic E-state index is 0.816. The maximum Gasteiger partial charge on any atom is 0.138 e. The van der Waals surface area contributed by atoms with Crippen LogP contribution in [0.4, 0.5) is 34.1 Å². The van der Waals surface area contributed by atoms with E-state index in [1.54, 1.807) is 0 Å². The average Bonchev–Trinajstić information content (AvgIpc) is 3.97. The predicted molar refractivity (Wildman–Crippen MR) is 295 cm³/mol. The monoisotopic (exact) mass is 892 g/mol. The van der Waals surface area contributed by atoms with E-state index < -0.39 is 0 Å². The van der Waals surface area contributed by atoms with Gasteiger partial charge < -0.3 is 18.6 Å². The van der Waals surface area contributed by atoms with Crippen LogP contribution in [0, 0.1) is 0 Å². The molecule has 0 saturated heterocycles. The van der Waals surface area contributed by atoms with E-state index in [0.29, 0.717) is 0 Å². The fourth-order valence-corrected chi connectivity index (χ4v) is 11.4. The summed E-state index contributed by atoms with van der Waals surface area (Å²) in [5, 5.41) is 18.1. The molecule has 15 aromatic rings. The lowest BCUT2D eigenvalue weighted by molar-refractivity contribution is 0.664. The fraction of sp³-hybridized carbons (Fsp3) is 0. The summed E-state index contributed by atoms with van der Waals surface area (Å²) >= 11 is 0. The molecule has 4 heteroatoms. The second-order valence-corrected chi connectivity index (χ2v) is 18.4. The van der Waals surface area contributed by atoms with Crippen molar-refractivity contribution in [3.05, 3.63) is 243 Å². The van der Waals surface area contributed by atoms with Crippen LogP contribution in [0.2, 0.25) is 0 Å². The largest absolute Gasteiger partial charge is 0.456 e. The molecule has 0 aliphatic carbocycles. The van der Waals surface area contributed by atoms with E-state index in [0.717, 1.165) is 99.5 Å². The summed E-state index contributed by atoms with van der Waals surface area (Å²) in [5.41, 5.74) is 9.71. The van der Waals surface area contributed by atoms with Crippen molar-refractivity contribution in [1.82, 2.24) is 0 Å². The minimum Gasteiger partial charge on any atom is -0.456 e. The van der Waals surface area contributed by atoms with Gasteiger partial charge in [0.05, 0.1) is 22.7 Å². The summed E-state index contributed by atoms with van der Waals surface area (Å²) in [6.45, 7) is 0. The number of anilines is 6. The van der Waals surface area contributed by atoms with Crippen LogP contribution in [0.25, 0.3) is 109 Å². The summed E-state index contributed by atoms with van der Waals surface area (Å²) in [7, 11) is 0. The Morgan fingerprint density at radius 1 is 0.214 bits per heavy atom. The molecule has 2 heterocycles. The zero-order chi connectivity index (χ0) is 45.9. The predicted octanol–water partition coefficient (Wildman–Crippen LogP) is 19.3. The van der Waals surface area contributed by atoms with Gasteiger partial charge in [-0.2, -0.15) is 0 Å². The van der Waals surface area contributed by atoms with Crippen molar-refractivity contribution in [3.8, 4) is 0 Å². The molecule has 0 spiro atoms. The van der Waals surface area contributed by atoms with E-state index in [1.165, 1.54) is 43.1 Å². The van der Waals surface area contributed by atoms with Crippen LogP contribution in [0.15, 0.2) is 251 Å². The molecule has 0 unspecified atom stereocenters. The van der Waals surface area contributed by atoms with E-state index in [-0.39, 0.29) is 0 Å². The third kappa shape index (κ3) is 5.84. The maximum atomic E-state index is 7.10. The quantitative estimate of drug-likeness (QED) is 0.166. The van der Waals surface area contributed by atoms with Gasteiger partial charge in [0, 0.05) is 66.6 Å². The van der Waals surface area contributed by atoms with Gasteiger partial charge in [0.25, 0.3) is 0 Å². The molecule has 0 N–H and O–H groups in total. The molecule has 15 rings (SSSR count). The highest BCUT2D eigenvalue weighted by molar-refractivity contribution is 6.28. The highest BCUT2D eigenvalue weighted by atomic mass is 16.3. The molecule has 0 bridgehead atoms. The van der Waals surface area contributed by atoms with Gasteiger partial charge in [0.2, 0.25) is 0 Å². The van der Waals surface area contributed by atoms with Crippen molar-refractivity contribution < 1.29 is 8.83 Å². The lowest BCUT2D eigenvalue weighted by Gasteiger charge is -2.28. The van der Waals surface area contributed by atoms with E-state index in [9.17, 15) is 0 Å². The fourth-order valence-electron chi connectivity index (χ4n) is 11.4. The van der Waals surface area contributed by atoms with Crippen molar-refractivity contribution in [2.75, 3.05) is 9.80 Å². The summed E-state index contributed by atoms with van der Waals surface area (Å²) in [6.07, 6.45) is 0. The molecule has 70 heavy (non-hydrogen) atoms. The second-order valence-electron chi connectivity index (χ2n) is 18.4. The Morgan fingerprint density at radius 3 is 1.01 bits per heavy atom. The molecule has 13 aromatic carbocycles. The first kappa shape index (κ1) is 38.7. The molecule has 0 aliphatic heterocycles. The lowest BCUT2D eigenvalue weighted by atomic mass is 9.98. The summed E-state index contributed by atoms with van der Waals surface area (Å²) in [4.78, 5) is 4.82. The van der Waals surface area contributed by atoms with Crippen molar-refractivity contribution in [2.24, 2.45) is 0 Å². The molecule has 0 fully saturated rings. The third-order valence-corrected chi connectivity index (χ3v) is 14.5. The van der Waals surface area contributed by atoms with Crippen LogP contribution in [0.3, 0.4) is 0 Å². The summed E-state index contributed by atoms with van der Waals surface area (Å²) in [6, 6.07) is 87.5. The lowest BCUT2D eigenvalue weighted by Crippen LogP contribution is -2.11. The summed E-state index contributed by atoms with van der Waals surface area (Å²) in [5.74, 6) is 0. The van der Waals surface area contributed by atoms with Gasteiger partial charge in [-0.15, -0.1) is 0 Å². The number of nitrogens with zero attached hydrogens (tertiary/aromatic N) is 2. The van der Waals surface area contributed by atoms with Crippen LogP contribution in [0.5, 0.6) is 0 Å². The highest BCUT2D eigenvalue weighted by Gasteiger charge is 2.25. The smallest absolute Gasteiger partial charge is 0.138 e. The minimum atomic E-state index is 0.816. The number of benzene rings is 13. The Hall–Kier alpha value is -9.38. The van der Waals surface area contributed by atoms with Crippen LogP contribution in [0.1, 0.15) is 0 Å². The van der Waals surface area contributed by atoms with Gasteiger partial charge in [-0.25, -0.2) is 0 Å². The molecule has 2 aromatic heterocycles. The van der Waals surface area contributed by atoms with Crippen LogP contribution in [-0.2, 0) is 0 Å². The number of rotatable bonds is 6. The van der Waals surface area contributed by atoms with Crippen LogP contribution in [-0.4, -0.2) is 0 Å². The van der Waals surface area contributed by atoms with Gasteiger partial charge in [-0.3, -0.25) is 0 Å². The molecule has 0 amide bonds. The van der Waals surface area contributed by atoms with Gasteiger partial charge in [-0.05, 0) is 91.6 Å². The standard InChI is InChI=1S/C66H40N2O2/c1-3-19-45-35-47(33-31-41(45)15-1)67(57-29-13-21-43-17-5-7-23-49(43)57)59-39-63-65(53-27-11-9-25-51(53)59)55-37-62-56(38-61(55)69-63)66-54-28-12-10-26-52(54)60(40-64(66)70-62)68(48-34-32-42-16-2-4-20-46(42)36-48)58-30-14-22-44-18-6-8-24-50(44)58/h1-40H. The SMILES string of the molecule is c1ccc2cc(N(c3cccc4ccccc34)c3cc4oc5cc6c(cc5c4c4ccccc34)oc3cc(N(c4ccc5ccccc5c4)c4cccc5ccccc45)c4ccccc4c36)ccc2c1. The van der Waals surface area contributed by atoms with Crippen molar-refractivity contribution in [1.29, 1.82) is 0 Å². The first-order valence-corrected chi connectivity index (χ1v) is 23.9. The number of hydrogen-bond acceptors (Lipinski definition) is 4. The molecule has 326 valence electrons. The van der Waals surface area contributed by atoms with Gasteiger partial charge in [0.1, 0.15) is 22.3 Å². The highest BCUT2D eigenvalue weighted by Crippen LogP contribution is 2.50. The van der Waals surface area contributed by atoms with Crippen LogP contribution >= 0.6 is 0 Å². The molecule has 0 atom stereocenters. The molecular weight excluding hydrogens is 853 g/mol. The molecule has 0 saturated carbocycles. The molecule has 0 aliphatic rings. The van der Waals surface area contributed by atoms with E-state index >= 15 is 0 Å². The zero-order valence-corrected chi connectivity index (χ0v) is 37.8. The normalized spacial score (nSPS) is 12.0. The number of hydrogen-bond donors (Lipinski definition) is 0. The second kappa shape index (κ2) is 15.1. The maximum absolute atomic E-state index is 7.10. The van der Waals surface area contributed by atoms with Gasteiger partial charge in [-0.1, -0.05) is 182 Å². The summed E-state index contributed by atoms with van der Waals surface area (Å²) < 4.78 is 14.2. The Balaban J connectivity index is 0.968. The Kier molecular flexibility index (Phi) is 8.33. The Morgan fingerprint density at radius 2 is 0.571 bits per heavy atom. The Labute approximate surface area is 402 Å². The van der Waals surface area contributed by atoms with E-state index in [1.807, 2.05) is 0 Å². The van der Waals surface area contributed by atoms with Crippen molar-refractivity contribution >= 4 is 143 Å². The number of furan rings is 2. The number of fused-ring (bicyclic) bond motifs is 14. The molecule has 0 radical (unpaired) electrons. The van der Waals surface area contributed by atoms with Crippen LogP contribution < -0.4 is 9.80 Å². The first-order valence-electron chi connectivity index (χ1n) is 23.9. The third-order valence-electron chi connectivity index (χ3n) is 14.5. The van der Waals surface area contributed by atoms with Gasteiger partial charge in [0.15, 0.2) is 0 Å². The zero-order valence-electron chi connectivity index (χ0n) is 37.8. The van der Waals surface area contributed by atoms with E-state index in [2.05, 4.69) is 252 Å². The molecular formula is C66H40N2O2. The molecule has 4 nitrogen and oxygen atoms in total. The van der Waals surface area contributed by atoms with E-state index in [4.69, 9.17) is 8.83 Å². The topological polar surface area (TPSA) is 32.8 Å². The Bertz CT molecular complexity index is 4330.